The maximum atomic E-state index is 12.6. The Bertz CT molecular complexity index is 531. The van der Waals surface area contributed by atoms with E-state index >= 15 is 0 Å². The number of carbonyl (C=O) groups is 1. The fourth-order valence-corrected chi connectivity index (χ4v) is 3.25. The summed E-state index contributed by atoms with van der Waals surface area (Å²) in [6.45, 7) is -0.562. The highest BCUT2D eigenvalue weighted by Gasteiger charge is 2.26. The molecule has 0 fully saturated rings. The summed E-state index contributed by atoms with van der Waals surface area (Å²) in [6, 6.07) is 5.45. The molecule has 102 valence electrons. The van der Waals surface area contributed by atoms with E-state index in [2.05, 4.69) is 31.9 Å². The first kappa shape index (κ1) is 14.7. The van der Waals surface area contributed by atoms with Gasteiger partial charge in [-0.1, -0.05) is 44.0 Å². The lowest BCUT2D eigenvalue weighted by Gasteiger charge is -2.29. The van der Waals surface area contributed by atoms with Crippen LogP contribution in [-0.4, -0.2) is 23.8 Å². The summed E-state index contributed by atoms with van der Waals surface area (Å²) in [4.78, 5) is 13.0. The van der Waals surface area contributed by atoms with Crippen molar-refractivity contribution in [2.24, 2.45) is 0 Å². The number of benzene rings is 1. The Hall–Kier alpha value is -0.750. The van der Waals surface area contributed by atoms with E-state index in [1.54, 1.807) is 6.07 Å². The Balaban J connectivity index is 2.39. The van der Waals surface area contributed by atoms with Crippen molar-refractivity contribution in [2.45, 2.75) is 19.3 Å². The summed E-state index contributed by atoms with van der Waals surface area (Å²) in [6.07, 6.45) is 0.151. The van der Waals surface area contributed by atoms with E-state index in [0.717, 1.165) is 14.5 Å². The number of nitrogens with zero attached hydrogens (tertiary/aromatic N) is 1. The molecular formula is C13H11Br2F2NO. The Labute approximate surface area is 126 Å². The number of carbonyl (C=O) groups excluding carboxylic acids is 1. The van der Waals surface area contributed by atoms with Crippen LogP contribution in [0.2, 0.25) is 0 Å². The lowest BCUT2D eigenvalue weighted by molar-refractivity contribution is -0.129. The van der Waals surface area contributed by atoms with Gasteiger partial charge in [0, 0.05) is 26.6 Å². The van der Waals surface area contributed by atoms with Crippen LogP contribution in [0.3, 0.4) is 0 Å². The first-order chi connectivity index (χ1) is 8.99. The number of hydrogen-bond donors (Lipinski definition) is 0. The third-order valence-corrected chi connectivity index (χ3v) is 3.96. The second-order valence-electron chi connectivity index (χ2n) is 4.15. The number of alkyl halides is 2. The Morgan fingerprint density at radius 1 is 1.32 bits per heavy atom. The number of rotatable bonds is 3. The van der Waals surface area contributed by atoms with E-state index < -0.39 is 13.0 Å². The Morgan fingerprint density at radius 3 is 2.68 bits per heavy atom. The molecule has 1 aliphatic heterocycles. The second kappa shape index (κ2) is 6.13. The first-order valence-corrected chi connectivity index (χ1v) is 7.31. The van der Waals surface area contributed by atoms with Crippen molar-refractivity contribution in [1.82, 2.24) is 4.90 Å². The van der Waals surface area contributed by atoms with E-state index in [0.29, 0.717) is 12.1 Å². The molecule has 0 saturated carbocycles. The first-order valence-electron chi connectivity index (χ1n) is 5.73. The predicted molar refractivity (Wildman–Crippen MR) is 76.8 cm³/mol. The molecule has 6 heteroatoms. The van der Waals surface area contributed by atoms with E-state index in [1.807, 2.05) is 18.2 Å². The van der Waals surface area contributed by atoms with Gasteiger partial charge in [-0.3, -0.25) is 4.79 Å². The minimum absolute atomic E-state index is 0.257. The van der Waals surface area contributed by atoms with Crippen LogP contribution in [0.15, 0.2) is 33.2 Å². The summed E-state index contributed by atoms with van der Waals surface area (Å²) in [5.74, 6) is -0.257. The van der Waals surface area contributed by atoms with Crippen LogP contribution < -0.4 is 0 Å². The normalized spacial score (nSPS) is 15.9. The van der Waals surface area contributed by atoms with Gasteiger partial charge in [0.05, 0.1) is 6.54 Å². The Kier molecular flexibility index (Phi) is 4.73. The molecule has 0 aromatic heterocycles. The second-order valence-corrected chi connectivity index (χ2v) is 5.92. The molecule has 0 radical (unpaired) electrons. The third kappa shape index (κ3) is 3.42. The number of hydrogen-bond acceptors (Lipinski definition) is 1. The van der Waals surface area contributed by atoms with Crippen molar-refractivity contribution in [1.29, 1.82) is 0 Å². The Morgan fingerprint density at radius 2 is 2.05 bits per heavy atom. The van der Waals surface area contributed by atoms with Crippen molar-refractivity contribution >= 4 is 43.5 Å². The van der Waals surface area contributed by atoms with E-state index in [-0.39, 0.29) is 12.3 Å². The molecule has 1 aliphatic rings. The molecule has 19 heavy (non-hydrogen) atoms. The zero-order valence-electron chi connectivity index (χ0n) is 9.88. The molecule has 1 aromatic carbocycles. The lowest BCUT2D eigenvalue weighted by atomic mass is 10.0. The molecule has 0 spiro atoms. The van der Waals surface area contributed by atoms with Gasteiger partial charge in [0.2, 0.25) is 5.91 Å². The lowest BCUT2D eigenvalue weighted by Crippen LogP contribution is -2.35. The largest absolute Gasteiger partial charge is 0.306 e. The topological polar surface area (TPSA) is 20.3 Å². The molecule has 1 amide bonds. The molecule has 0 N–H and O–H groups in total. The van der Waals surface area contributed by atoms with Gasteiger partial charge in [-0.15, -0.1) is 0 Å². The molecule has 2 rings (SSSR count). The van der Waals surface area contributed by atoms with Gasteiger partial charge < -0.3 is 4.90 Å². The quantitative estimate of drug-likeness (QED) is 0.742. The van der Waals surface area contributed by atoms with Crippen LogP contribution in [0, 0.1) is 0 Å². The maximum Gasteiger partial charge on any atom is 0.256 e. The van der Waals surface area contributed by atoms with Crippen molar-refractivity contribution in [2.75, 3.05) is 6.54 Å². The van der Waals surface area contributed by atoms with Crippen molar-refractivity contribution in [3.8, 4) is 0 Å². The third-order valence-electron chi connectivity index (χ3n) is 2.82. The summed E-state index contributed by atoms with van der Waals surface area (Å²) in [5, 5.41) is 0. The van der Waals surface area contributed by atoms with Crippen LogP contribution >= 0.6 is 31.9 Å². The molecule has 0 aliphatic carbocycles. The summed E-state index contributed by atoms with van der Waals surface area (Å²) >= 11 is 6.74. The highest BCUT2D eigenvalue weighted by Crippen LogP contribution is 2.33. The zero-order valence-corrected chi connectivity index (χ0v) is 13.0. The summed E-state index contributed by atoms with van der Waals surface area (Å²) < 4.78 is 26.9. The minimum atomic E-state index is -2.54. The van der Waals surface area contributed by atoms with Crippen LogP contribution in [0.25, 0.3) is 5.70 Å². The number of allylic oxidation sites excluding steroid dienone is 1. The average molecular weight is 395 g/mol. The highest BCUT2D eigenvalue weighted by atomic mass is 79.9. The van der Waals surface area contributed by atoms with Gasteiger partial charge in [-0.05, 0) is 18.6 Å². The van der Waals surface area contributed by atoms with E-state index in [4.69, 9.17) is 0 Å². The smallest absolute Gasteiger partial charge is 0.256 e. The fraction of sp³-hybridized carbons (Fsp3) is 0.308. The molecule has 0 unspecified atom stereocenters. The van der Waals surface area contributed by atoms with Gasteiger partial charge in [0.1, 0.15) is 0 Å². The molecule has 1 aromatic rings. The van der Waals surface area contributed by atoms with E-state index in [1.165, 1.54) is 4.90 Å². The number of halogens is 4. The molecular weight excluding hydrogens is 384 g/mol. The number of amides is 1. The van der Waals surface area contributed by atoms with Crippen molar-refractivity contribution < 1.29 is 13.6 Å². The molecule has 0 bridgehead atoms. The van der Waals surface area contributed by atoms with Crippen molar-refractivity contribution in [3.05, 3.63) is 38.8 Å². The van der Waals surface area contributed by atoms with Gasteiger partial charge >= 0.3 is 0 Å². The SMILES string of the molecule is O=C1CCC=C(c2ccc(Br)cc2Br)N1CC(F)F. The molecule has 0 atom stereocenters. The van der Waals surface area contributed by atoms with Gasteiger partial charge in [0.25, 0.3) is 6.43 Å². The van der Waals surface area contributed by atoms with Gasteiger partial charge in [-0.25, -0.2) is 8.78 Å². The fourth-order valence-electron chi connectivity index (χ4n) is 2.00. The zero-order chi connectivity index (χ0) is 14.0. The van der Waals surface area contributed by atoms with Crippen LogP contribution in [0.4, 0.5) is 8.78 Å². The predicted octanol–water partition coefficient (Wildman–Crippen LogP) is 4.44. The summed E-state index contributed by atoms with van der Waals surface area (Å²) in [7, 11) is 0. The highest BCUT2D eigenvalue weighted by molar-refractivity contribution is 9.11. The standard InChI is InChI=1S/C13H11Br2F2NO/c14-8-4-5-9(10(15)6-8)11-2-1-3-13(19)18(11)7-12(16)17/h2,4-6,12H,1,3,7H2. The molecule has 0 saturated heterocycles. The van der Waals surface area contributed by atoms with Crippen molar-refractivity contribution in [3.63, 3.8) is 0 Å². The van der Waals surface area contributed by atoms with Gasteiger partial charge in [0.15, 0.2) is 0 Å². The maximum absolute atomic E-state index is 12.6. The van der Waals surface area contributed by atoms with Crippen LogP contribution in [0.5, 0.6) is 0 Å². The molecule has 2 nitrogen and oxygen atoms in total. The van der Waals surface area contributed by atoms with Crippen LogP contribution in [-0.2, 0) is 4.79 Å². The average Bonchev–Trinajstić information content (AvgIpc) is 2.32. The monoisotopic (exact) mass is 393 g/mol. The summed E-state index contributed by atoms with van der Waals surface area (Å²) in [5.41, 5.74) is 1.30. The minimum Gasteiger partial charge on any atom is -0.306 e. The van der Waals surface area contributed by atoms with Gasteiger partial charge in [-0.2, -0.15) is 0 Å². The molecule has 1 heterocycles. The van der Waals surface area contributed by atoms with E-state index in [9.17, 15) is 13.6 Å². The van der Waals surface area contributed by atoms with Crippen LogP contribution in [0.1, 0.15) is 18.4 Å².